The number of carbonyl (C=O) groups excluding carboxylic acids is 2. The third kappa shape index (κ3) is 5.82. The lowest BCUT2D eigenvalue weighted by Gasteiger charge is -2.37. The first-order chi connectivity index (χ1) is 14.6. The molecule has 7 nitrogen and oxygen atoms in total. The van der Waals surface area contributed by atoms with Crippen LogP contribution in [0.5, 0.6) is 0 Å². The van der Waals surface area contributed by atoms with Crippen molar-refractivity contribution in [1.29, 1.82) is 0 Å². The van der Waals surface area contributed by atoms with Crippen LogP contribution >= 0.6 is 0 Å². The van der Waals surface area contributed by atoms with E-state index in [1.807, 2.05) is 19.1 Å². The Morgan fingerprint density at radius 1 is 1.13 bits per heavy atom. The fraction of sp³-hybridized carbons (Fsp3) is 0.455. The number of carbonyl (C=O) groups is 2. The van der Waals surface area contributed by atoms with Gasteiger partial charge < -0.3 is 24.9 Å². The Hall–Kier alpha value is -2.87. The molecule has 1 aromatic carbocycles. The number of nitrogens with one attached hydrogen (secondary N) is 3. The van der Waals surface area contributed by atoms with Gasteiger partial charge >= 0.3 is 11.8 Å². The Labute approximate surface area is 176 Å². The van der Waals surface area contributed by atoms with Crippen molar-refractivity contribution >= 4 is 17.5 Å². The van der Waals surface area contributed by atoms with Crippen LogP contribution in [0.1, 0.15) is 31.6 Å². The van der Waals surface area contributed by atoms with E-state index in [4.69, 9.17) is 4.42 Å². The van der Waals surface area contributed by atoms with Crippen molar-refractivity contribution in [3.8, 4) is 0 Å². The van der Waals surface area contributed by atoms with Crippen molar-refractivity contribution in [3.63, 3.8) is 0 Å². The zero-order chi connectivity index (χ0) is 21.3. The molecule has 1 aromatic heterocycles. The standard InChI is InChI=1S/C22H29FN4O3/c1-2-3-10-24-21(28)22(29)25-16-19(20-5-4-15-30-20)27-13-11-26(12-14-27)18-8-6-17(23)7-9-18/h4-9,15,19H,2-3,10-14,16H2,1H3,(H,24,28)(H,25,29)/p+1/t19-/m0/s1. The summed E-state index contributed by atoms with van der Waals surface area (Å²) in [7, 11) is 0. The quantitative estimate of drug-likeness (QED) is 0.441. The van der Waals surface area contributed by atoms with Gasteiger partial charge in [-0.05, 0) is 42.8 Å². The molecule has 1 saturated heterocycles. The van der Waals surface area contributed by atoms with Crippen LogP contribution in [0, 0.1) is 5.82 Å². The molecule has 8 heteroatoms. The fourth-order valence-electron chi connectivity index (χ4n) is 3.72. The minimum absolute atomic E-state index is 0.0808. The molecule has 3 rings (SSSR count). The predicted octanol–water partition coefficient (Wildman–Crippen LogP) is 0.897. The minimum atomic E-state index is -0.619. The van der Waals surface area contributed by atoms with Crippen molar-refractivity contribution in [3.05, 3.63) is 54.2 Å². The van der Waals surface area contributed by atoms with Gasteiger partial charge in [0, 0.05) is 12.2 Å². The highest BCUT2D eigenvalue weighted by Crippen LogP contribution is 2.16. The van der Waals surface area contributed by atoms with Gasteiger partial charge in [0.2, 0.25) is 0 Å². The first-order valence-corrected chi connectivity index (χ1v) is 10.5. The SMILES string of the molecule is CCCCNC(=O)C(=O)NC[C@@H](c1ccco1)[NH+]1CCN(c2ccc(F)cc2)CC1. The lowest BCUT2D eigenvalue weighted by molar-refractivity contribution is -0.932. The van der Waals surface area contributed by atoms with Crippen molar-refractivity contribution in [1.82, 2.24) is 10.6 Å². The van der Waals surface area contributed by atoms with Crippen molar-refractivity contribution in [2.45, 2.75) is 25.8 Å². The second kappa shape index (κ2) is 10.8. The van der Waals surface area contributed by atoms with Gasteiger partial charge in [0.15, 0.2) is 11.8 Å². The summed E-state index contributed by atoms with van der Waals surface area (Å²) < 4.78 is 18.8. The Morgan fingerprint density at radius 3 is 2.47 bits per heavy atom. The summed E-state index contributed by atoms with van der Waals surface area (Å²) in [5.41, 5.74) is 1.00. The van der Waals surface area contributed by atoms with Crippen LogP contribution in [0.2, 0.25) is 0 Å². The summed E-state index contributed by atoms with van der Waals surface area (Å²) in [6.45, 7) is 6.13. The lowest BCUT2D eigenvalue weighted by atomic mass is 10.1. The molecule has 1 fully saturated rings. The van der Waals surface area contributed by atoms with Gasteiger partial charge in [0.05, 0.1) is 39.0 Å². The van der Waals surface area contributed by atoms with E-state index < -0.39 is 11.8 Å². The number of quaternary nitrogens is 1. The van der Waals surface area contributed by atoms with Crippen LogP contribution < -0.4 is 20.4 Å². The maximum absolute atomic E-state index is 13.2. The number of nitrogens with zero attached hydrogens (tertiary/aromatic N) is 1. The number of amides is 2. The van der Waals surface area contributed by atoms with Crippen LogP contribution in [-0.4, -0.2) is 51.1 Å². The Kier molecular flexibility index (Phi) is 7.84. The zero-order valence-corrected chi connectivity index (χ0v) is 17.3. The van der Waals surface area contributed by atoms with Crippen molar-refractivity contribution in [2.24, 2.45) is 0 Å². The van der Waals surface area contributed by atoms with Crippen LogP contribution in [0.4, 0.5) is 10.1 Å². The number of piperazine rings is 1. The Balaban J connectivity index is 1.56. The van der Waals surface area contributed by atoms with Crippen LogP contribution in [-0.2, 0) is 9.59 Å². The van der Waals surface area contributed by atoms with Gasteiger partial charge in [-0.3, -0.25) is 9.59 Å². The van der Waals surface area contributed by atoms with E-state index in [1.165, 1.54) is 17.0 Å². The molecule has 1 atom stereocenters. The summed E-state index contributed by atoms with van der Waals surface area (Å²) in [6, 6.07) is 10.2. The van der Waals surface area contributed by atoms with Gasteiger partial charge in [0.1, 0.15) is 5.82 Å². The van der Waals surface area contributed by atoms with Gasteiger partial charge in [-0.25, -0.2) is 4.39 Å². The smallest absolute Gasteiger partial charge is 0.309 e. The first-order valence-electron chi connectivity index (χ1n) is 10.5. The van der Waals surface area contributed by atoms with Crippen molar-refractivity contribution in [2.75, 3.05) is 44.2 Å². The van der Waals surface area contributed by atoms with E-state index in [0.29, 0.717) is 13.1 Å². The third-order valence-electron chi connectivity index (χ3n) is 5.47. The number of hydrogen-bond donors (Lipinski definition) is 3. The molecule has 0 bridgehead atoms. The highest BCUT2D eigenvalue weighted by Gasteiger charge is 2.31. The molecule has 1 aliphatic rings. The maximum Gasteiger partial charge on any atom is 0.309 e. The normalized spacial score (nSPS) is 15.6. The fourth-order valence-corrected chi connectivity index (χ4v) is 3.72. The van der Waals surface area contributed by atoms with E-state index in [0.717, 1.165) is 50.5 Å². The molecule has 3 N–H and O–H groups in total. The van der Waals surface area contributed by atoms with Gasteiger partial charge in [-0.2, -0.15) is 0 Å². The molecule has 2 heterocycles. The molecule has 0 saturated carbocycles. The summed E-state index contributed by atoms with van der Waals surface area (Å²) in [6.07, 6.45) is 3.42. The predicted molar refractivity (Wildman–Crippen MR) is 112 cm³/mol. The monoisotopic (exact) mass is 417 g/mol. The van der Waals surface area contributed by atoms with E-state index in [1.54, 1.807) is 18.4 Å². The van der Waals surface area contributed by atoms with E-state index in [2.05, 4.69) is 15.5 Å². The highest BCUT2D eigenvalue weighted by molar-refractivity contribution is 6.35. The van der Waals surface area contributed by atoms with Crippen molar-refractivity contribution < 1.29 is 23.3 Å². The van der Waals surface area contributed by atoms with Gasteiger partial charge in [0.25, 0.3) is 0 Å². The van der Waals surface area contributed by atoms with E-state index in [-0.39, 0.29) is 11.9 Å². The molecule has 162 valence electrons. The molecule has 1 aliphatic heterocycles. The number of benzene rings is 1. The molecular weight excluding hydrogens is 387 g/mol. The summed E-state index contributed by atoms with van der Waals surface area (Å²) in [5.74, 6) is -0.674. The minimum Gasteiger partial charge on any atom is -0.463 e. The van der Waals surface area contributed by atoms with Gasteiger partial charge in [-0.1, -0.05) is 13.3 Å². The number of furan rings is 1. The third-order valence-corrected chi connectivity index (χ3v) is 5.47. The lowest BCUT2D eigenvalue weighted by Crippen LogP contribution is -3.15. The Morgan fingerprint density at radius 2 is 1.83 bits per heavy atom. The average Bonchev–Trinajstić information content (AvgIpc) is 3.29. The van der Waals surface area contributed by atoms with E-state index >= 15 is 0 Å². The molecule has 2 amide bonds. The largest absolute Gasteiger partial charge is 0.463 e. The second-order valence-corrected chi connectivity index (χ2v) is 7.51. The maximum atomic E-state index is 13.2. The summed E-state index contributed by atoms with van der Waals surface area (Å²) in [5, 5.41) is 5.39. The number of anilines is 1. The van der Waals surface area contributed by atoms with Crippen LogP contribution in [0.3, 0.4) is 0 Å². The number of rotatable bonds is 8. The van der Waals surface area contributed by atoms with Gasteiger partial charge in [-0.15, -0.1) is 0 Å². The number of halogens is 1. The molecule has 0 aliphatic carbocycles. The summed E-state index contributed by atoms with van der Waals surface area (Å²) >= 11 is 0. The second-order valence-electron chi connectivity index (χ2n) is 7.51. The average molecular weight is 418 g/mol. The number of unbranched alkanes of at least 4 members (excludes halogenated alkanes) is 1. The molecule has 0 radical (unpaired) electrons. The molecule has 30 heavy (non-hydrogen) atoms. The van der Waals surface area contributed by atoms with Crippen LogP contribution in [0.25, 0.3) is 0 Å². The highest BCUT2D eigenvalue weighted by atomic mass is 19.1. The summed E-state index contributed by atoms with van der Waals surface area (Å²) in [4.78, 5) is 27.6. The number of hydrogen-bond acceptors (Lipinski definition) is 4. The topological polar surface area (TPSA) is 79.0 Å². The molecular formula is C22H30FN4O3+. The Bertz CT molecular complexity index is 802. The van der Waals surface area contributed by atoms with Crippen LogP contribution in [0.15, 0.2) is 47.1 Å². The molecule has 0 spiro atoms. The molecule has 0 unspecified atom stereocenters. The zero-order valence-electron chi connectivity index (χ0n) is 17.3. The molecule has 2 aromatic rings. The van der Waals surface area contributed by atoms with E-state index in [9.17, 15) is 14.0 Å². The first kappa shape index (κ1) is 21.8.